The van der Waals surface area contributed by atoms with Gasteiger partial charge >= 0.3 is 0 Å². The fraction of sp³-hybridized carbons (Fsp3) is 0.360. The van der Waals surface area contributed by atoms with Crippen molar-refractivity contribution in [3.05, 3.63) is 66.4 Å². The maximum absolute atomic E-state index is 13.2. The lowest BCUT2D eigenvalue weighted by atomic mass is 10.0. The molecule has 1 saturated heterocycles. The SMILES string of the molecule is CO[SH](=O)=Nc1cnc(OCC(=O)N(C)C(CN2CC[C@H](O)C2)c2ccccc2)c2ccccc12. The lowest BCUT2D eigenvalue weighted by Crippen LogP contribution is -2.41. The average molecular weight is 499 g/mol. The van der Waals surface area contributed by atoms with Gasteiger partial charge in [0.05, 0.1) is 25.5 Å². The maximum Gasteiger partial charge on any atom is 0.260 e. The number of nitrogens with zero attached hydrogens (tertiary/aromatic N) is 4. The molecule has 9 nitrogen and oxygen atoms in total. The first-order valence-corrected chi connectivity index (χ1v) is 12.5. The van der Waals surface area contributed by atoms with Crippen LogP contribution < -0.4 is 4.74 Å². The third kappa shape index (κ3) is 6.15. The minimum absolute atomic E-state index is 0.186. The van der Waals surface area contributed by atoms with Gasteiger partial charge in [-0.1, -0.05) is 48.5 Å². The topological polar surface area (TPSA) is 105 Å². The summed E-state index contributed by atoms with van der Waals surface area (Å²) in [4.78, 5) is 21.4. The van der Waals surface area contributed by atoms with Gasteiger partial charge in [0, 0.05) is 37.5 Å². The molecular weight excluding hydrogens is 468 g/mol. The minimum Gasteiger partial charge on any atom is -0.467 e. The van der Waals surface area contributed by atoms with E-state index in [4.69, 9.17) is 8.92 Å². The predicted molar refractivity (Wildman–Crippen MR) is 135 cm³/mol. The second kappa shape index (κ2) is 11.6. The number of hydrogen-bond donors (Lipinski definition) is 2. The first-order chi connectivity index (χ1) is 17.0. The number of thiol groups is 1. The third-order valence-corrected chi connectivity index (χ3v) is 6.83. The fourth-order valence-electron chi connectivity index (χ4n) is 4.23. The summed E-state index contributed by atoms with van der Waals surface area (Å²) in [5, 5.41) is 11.3. The number of likely N-dealkylation sites (N-methyl/N-ethyl adjacent to an activating group) is 1. The molecule has 1 N–H and O–H groups in total. The molecule has 1 fully saturated rings. The quantitative estimate of drug-likeness (QED) is 0.437. The number of carbonyl (C=O) groups excluding carboxylic acids is 1. The number of rotatable bonds is 9. The molecule has 1 aromatic heterocycles. The van der Waals surface area contributed by atoms with Crippen molar-refractivity contribution in [3.63, 3.8) is 0 Å². The number of amides is 1. The van der Waals surface area contributed by atoms with E-state index >= 15 is 0 Å². The number of ether oxygens (including phenoxy) is 1. The van der Waals surface area contributed by atoms with Gasteiger partial charge in [0.25, 0.3) is 5.91 Å². The lowest BCUT2D eigenvalue weighted by Gasteiger charge is -2.32. The van der Waals surface area contributed by atoms with Gasteiger partial charge in [0.15, 0.2) is 17.5 Å². The molecule has 0 saturated carbocycles. The van der Waals surface area contributed by atoms with Crippen LogP contribution in [0.3, 0.4) is 0 Å². The molecule has 35 heavy (non-hydrogen) atoms. The zero-order chi connectivity index (χ0) is 24.8. The molecule has 0 spiro atoms. The minimum atomic E-state index is -2.19. The summed E-state index contributed by atoms with van der Waals surface area (Å²) in [6.07, 6.45) is 1.87. The van der Waals surface area contributed by atoms with Crippen molar-refractivity contribution < 1.29 is 23.0 Å². The van der Waals surface area contributed by atoms with Crippen LogP contribution in [0.1, 0.15) is 18.0 Å². The van der Waals surface area contributed by atoms with Gasteiger partial charge in [-0.15, -0.1) is 0 Å². The average Bonchev–Trinajstić information content (AvgIpc) is 3.31. The van der Waals surface area contributed by atoms with Crippen molar-refractivity contribution in [2.75, 3.05) is 40.4 Å². The van der Waals surface area contributed by atoms with Gasteiger partial charge < -0.3 is 14.7 Å². The number of carbonyl (C=O) groups is 1. The van der Waals surface area contributed by atoms with E-state index in [1.165, 1.54) is 13.3 Å². The van der Waals surface area contributed by atoms with Crippen LogP contribution in [-0.2, 0) is 19.9 Å². The van der Waals surface area contributed by atoms with Crippen LogP contribution in [0.2, 0.25) is 0 Å². The molecular formula is C25H30N4O5S. The Bertz CT molecular complexity index is 1250. The van der Waals surface area contributed by atoms with Crippen molar-refractivity contribution in [2.24, 2.45) is 4.36 Å². The number of hydrogen-bond acceptors (Lipinski definition) is 8. The fourth-order valence-corrected chi connectivity index (χ4v) is 4.65. The highest BCUT2D eigenvalue weighted by Crippen LogP contribution is 2.31. The van der Waals surface area contributed by atoms with E-state index in [2.05, 4.69) is 14.2 Å². The monoisotopic (exact) mass is 498 g/mol. The summed E-state index contributed by atoms with van der Waals surface area (Å²) >= 11 is 0. The van der Waals surface area contributed by atoms with Gasteiger partial charge in [-0.2, -0.15) is 4.36 Å². The molecule has 2 unspecified atom stereocenters. The molecule has 0 bridgehead atoms. The molecule has 3 aromatic rings. The van der Waals surface area contributed by atoms with Crippen LogP contribution in [0, 0.1) is 0 Å². The Morgan fingerprint density at radius 3 is 2.63 bits per heavy atom. The predicted octanol–water partition coefficient (Wildman–Crippen LogP) is 2.74. The van der Waals surface area contributed by atoms with Crippen LogP contribution in [0.15, 0.2) is 65.2 Å². The number of aromatic nitrogens is 1. The van der Waals surface area contributed by atoms with Crippen LogP contribution >= 0.6 is 0 Å². The van der Waals surface area contributed by atoms with Gasteiger partial charge in [-0.25, -0.2) is 9.19 Å². The van der Waals surface area contributed by atoms with Crippen molar-refractivity contribution in [3.8, 4) is 5.88 Å². The molecule has 3 atom stereocenters. The van der Waals surface area contributed by atoms with Crippen molar-refractivity contribution in [2.45, 2.75) is 18.6 Å². The second-order valence-electron chi connectivity index (χ2n) is 8.44. The van der Waals surface area contributed by atoms with Gasteiger partial charge in [0.1, 0.15) is 5.69 Å². The number of pyridine rings is 1. The summed E-state index contributed by atoms with van der Waals surface area (Å²) in [6.45, 7) is 1.83. The molecule has 1 aliphatic rings. The van der Waals surface area contributed by atoms with E-state index in [1.54, 1.807) is 11.9 Å². The Hall–Kier alpha value is -3.05. The third-order valence-electron chi connectivity index (χ3n) is 6.14. The largest absolute Gasteiger partial charge is 0.467 e. The standard InChI is InChI=1S/C25H30N4O5S/c1-28(23(18-8-4-3-5-9-18)16-29-13-12-19(30)15-29)24(31)17-34-25-21-11-7-6-10-20(21)22(14-26-25)27-35(32)33-2/h3-11,14,19,23,30,35H,12-13,15-17H2,1-2H3/t19-,23?/m0/s1. The van der Waals surface area contributed by atoms with Gasteiger partial charge in [-0.3, -0.25) is 13.9 Å². The zero-order valence-electron chi connectivity index (χ0n) is 19.8. The smallest absolute Gasteiger partial charge is 0.260 e. The lowest BCUT2D eigenvalue weighted by molar-refractivity contribution is -0.134. The zero-order valence-corrected chi connectivity index (χ0v) is 20.7. The molecule has 10 heteroatoms. The Balaban J connectivity index is 1.51. The van der Waals surface area contributed by atoms with E-state index in [9.17, 15) is 14.1 Å². The van der Waals surface area contributed by atoms with Crippen molar-refractivity contribution in [1.29, 1.82) is 0 Å². The Morgan fingerprint density at radius 1 is 1.23 bits per heavy atom. The highest BCUT2D eigenvalue weighted by molar-refractivity contribution is 7.69. The van der Waals surface area contributed by atoms with Crippen molar-refractivity contribution >= 4 is 33.2 Å². The molecule has 2 heterocycles. The molecule has 186 valence electrons. The normalized spacial score (nSPS) is 18.0. The van der Waals surface area contributed by atoms with E-state index in [0.29, 0.717) is 35.4 Å². The summed E-state index contributed by atoms with van der Waals surface area (Å²) in [5.74, 6) is 0.105. The number of benzene rings is 2. The summed E-state index contributed by atoms with van der Waals surface area (Å²) in [7, 11) is 0.905. The molecule has 0 aliphatic carbocycles. The van der Waals surface area contributed by atoms with Crippen LogP contribution in [0.25, 0.3) is 10.8 Å². The van der Waals surface area contributed by atoms with E-state index in [1.807, 2.05) is 54.6 Å². The molecule has 2 aromatic carbocycles. The number of aliphatic hydroxyl groups is 1. The van der Waals surface area contributed by atoms with E-state index < -0.39 is 10.9 Å². The van der Waals surface area contributed by atoms with Crippen LogP contribution in [-0.4, -0.2) is 76.5 Å². The molecule has 0 radical (unpaired) electrons. The van der Waals surface area contributed by atoms with Crippen molar-refractivity contribution in [1.82, 2.24) is 14.8 Å². The number of β-amino-alcohol motifs (C(OH)–C–C–N with tert-alkyl or cyclic N) is 1. The molecule has 1 aliphatic heterocycles. The maximum atomic E-state index is 13.2. The van der Waals surface area contributed by atoms with E-state index in [-0.39, 0.29) is 24.7 Å². The Morgan fingerprint density at radius 2 is 1.94 bits per heavy atom. The summed E-state index contributed by atoms with van der Waals surface area (Å²) < 4.78 is 26.4. The second-order valence-corrected chi connectivity index (χ2v) is 9.48. The van der Waals surface area contributed by atoms with Gasteiger partial charge in [0.2, 0.25) is 5.88 Å². The number of fused-ring (bicyclic) bond motifs is 1. The van der Waals surface area contributed by atoms with Crippen LogP contribution in [0.5, 0.6) is 5.88 Å². The van der Waals surface area contributed by atoms with E-state index in [0.717, 1.165) is 18.5 Å². The van der Waals surface area contributed by atoms with Crippen LogP contribution in [0.4, 0.5) is 5.69 Å². The Kier molecular flexibility index (Phi) is 8.29. The highest BCUT2D eigenvalue weighted by atomic mass is 32.2. The summed E-state index contributed by atoms with van der Waals surface area (Å²) in [6, 6.07) is 17.0. The molecule has 4 rings (SSSR count). The number of likely N-dealkylation sites (tertiary alicyclic amines) is 1. The highest BCUT2D eigenvalue weighted by Gasteiger charge is 2.28. The Labute approximate surface area is 206 Å². The first-order valence-electron chi connectivity index (χ1n) is 11.4. The van der Waals surface area contributed by atoms with Gasteiger partial charge in [-0.05, 0) is 18.1 Å². The molecule has 1 amide bonds. The first kappa shape index (κ1) is 25.1. The summed E-state index contributed by atoms with van der Waals surface area (Å²) in [5.41, 5.74) is 1.45. The number of aliphatic hydroxyl groups excluding tert-OH is 1.